The summed E-state index contributed by atoms with van der Waals surface area (Å²) in [5.74, 6) is 0.735. The lowest BCUT2D eigenvalue weighted by atomic mass is 10.4. The molecule has 0 fully saturated rings. The van der Waals surface area contributed by atoms with Crippen molar-refractivity contribution in [2.24, 2.45) is 0 Å². The van der Waals surface area contributed by atoms with Crippen LogP contribution in [0.5, 0.6) is 0 Å². The molecule has 9 heavy (non-hydrogen) atoms. The van der Waals surface area contributed by atoms with Crippen LogP contribution in [-0.2, 0) is 0 Å². The average Bonchev–Trinajstić information content (AvgIpc) is 2.22. The van der Waals surface area contributed by atoms with Crippen LogP contribution in [0.1, 0.15) is 0 Å². The highest BCUT2D eigenvalue weighted by molar-refractivity contribution is 5.74. The van der Waals surface area contributed by atoms with E-state index in [-0.39, 0.29) is 0 Å². The zero-order chi connectivity index (χ0) is 6.27. The van der Waals surface area contributed by atoms with E-state index in [2.05, 4.69) is 9.68 Å². The summed E-state index contributed by atoms with van der Waals surface area (Å²) in [6.07, 6.45) is 1.55. The third kappa shape index (κ3) is 0.495. The molecule has 0 aliphatic carbocycles. The van der Waals surface area contributed by atoms with E-state index in [4.69, 9.17) is 10.2 Å². The number of nitrogens with zero attached hydrogens (tertiary/aromatic N) is 1. The van der Waals surface area contributed by atoms with Gasteiger partial charge in [-0.1, -0.05) is 5.16 Å². The molecular weight excluding hydrogens is 120 g/mol. The zero-order valence-corrected chi connectivity index (χ0v) is 4.50. The topological polar surface area (TPSA) is 65.2 Å². The lowest BCUT2D eigenvalue weighted by Gasteiger charge is -1.73. The minimum Gasteiger partial charge on any atom is -0.408 e. The van der Waals surface area contributed by atoms with Crippen molar-refractivity contribution in [1.29, 1.82) is 0 Å². The first kappa shape index (κ1) is 4.43. The van der Waals surface area contributed by atoms with E-state index in [1.165, 1.54) is 0 Å². The van der Waals surface area contributed by atoms with Gasteiger partial charge in [-0.3, -0.25) is 0 Å². The Morgan fingerprint density at radius 1 is 1.56 bits per heavy atom. The maximum Gasteiger partial charge on any atom is 0.325 e. The smallest absolute Gasteiger partial charge is 0.325 e. The summed E-state index contributed by atoms with van der Waals surface area (Å²) in [5, 5.41) is 4.28. The molecule has 0 amide bonds. The fraction of sp³-hybridized carbons (Fsp3) is 0. The minimum absolute atomic E-state index is 0.353. The normalized spacial score (nSPS) is 10.7. The number of furan rings is 1. The Hall–Kier alpha value is -1.45. The van der Waals surface area contributed by atoms with Gasteiger partial charge in [-0.25, -0.2) is 0 Å². The minimum atomic E-state index is 0.353. The summed E-state index contributed by atoms with van der Waals surface area (Å²) in [5.41, 5.74) is 5.28. The highest BCUT2D eigenvalue weighted by atomic mass is 16.5. The SMILES string of the molecule is Nc1cc2cnoc2o1. The van der Waals surface area contributed by atoms with Gasteiger partial charge in [0.05, 0.1) is 11.6 Å². The van der Waals surface area contributed by atoms with Gasteiger partial charge >= 0.3 is 5.78 Å². The third-order valence-corrected chi connectivity index (χ3v) is 1.07. The van der Waals surface area contributed by atoms with Crippen LogP contribution in [0.2, 0.25) is 0 Å². The number of aromatic nitrogens is 1. The molecule has 46 valence electrons. The molecule has 0 saturated carbocycles. The molecule has 0 aromatic carbocycles. The molecule has 2 N–H and O–H groups in total. The van der Waals surface area contributed by atoms with Crippen LogP contribution in [0.15, 0.2) is 21.2 Å². The van der Waals surface area contributed by atoms with Gasteiger partial charge in [-0.15, -0.1) is 0 Å². The molecule has 0 spiro atoms. The Labute approximate surface area is 50.2 Å². The lowest BCUT2D eigenvalue weighted by molar-refractivity contribution is 0.393. The predicted molar refractivity (Wildman–Crippen MR) is 30.7 cm³/mol. The van der Waals surface area contributed by atoms with E-state index >= 15 is 0 Å². The average molecular weight is 124 g/mol. The van der Waals surface area contributed by atoms with E-state index in [1.54, 1.807) is 12.3 Å². The third-order valence-electron chi connectivity index (χ3n) is 1.07. The number of fused-ring (bicyclic) bond motifs is 1. The first-order valence-electron chi connectivity index (χ1n) is 2.46. The molecule has 0 saturated heterocycles. The van der Waals surface area contributed by atoms with Crippen molar-refractivity contribution in [2.45, 2.75) is 0 Å². The van der Waals surface area contributed by atoms with Gasteiger partial charge in [-0.2, -0.15) is 0 Å². The Morgan fingerprint density at radius 2 is 2.44 bits per heavy atom. The number of nitrogen functional groups attached to an aromatic ring is 1. The van der Waals surface area contributed by atoms with Crippen molar-refractivity contribution in [2.75, 3.05) is 5.73 Å². The Balaban J connectivity index is 2.92. The highest BCUT2D eigenvalue weighted by Gasteiger charge is 2.02. The van der Waals surface area contributed by atoms with Crippen LogP contribution in [0.4, 0.5) is 5.88 Å². The maximum atomic E-state index is 5.28. The number of rotatable bonds is 0. The van der Waals surface area contributed by atoms with E-state index in [1.807, 2.05) is 0 Å². The van der Waals surface area contributed by atoms with Crippen LogP contribution in [0, 0.1) is 0 Å². The van der Waals surface area contributed by atoms with Crippen LogP contribution in [0.25, 0.3) is 11.2 Å². The summed E-state index contributed by atoms with van der Waals surface area (Å²) in [7, 11) is 0. The monoisotopic (exact) mass is 124 g/mol. The number of hydrogen-bond donors (Lipinski definition) is 1. The molecule has 4 heteroatoms. The van der Waals surface area contributed by atoms with Crippen molar-refractivity contribution < 1.29 is 8.94 Å². The molecule has 0 unspecified atom stereocenters. The van der Waals surface area contributed by atoms with Gasteiger partial charge in [0, 0.05) is 6.07 Å². The van der Waals surface area contributed by atoms with Crippen LogP contribution < -0.4 is 5.73 Å². The molecule has 0 aliphatic rings. The van der Waals surface area contributed by atoms with Crippen molar-refractivity contribution in [3.8, 4) is 0 Å². The number of nitrogens with two attached hydrogens (primary N) is 1. The fourth-order valence-corrected chi connectivity index (χ4v) is 0.700. The summed E-state index contributed by atoms with van der Waals surface area (Å²) in [6.45, 7) is 0. The summed E-state index contributed by atoms with van der Waals surface area (Å²) >= 11 is 0. The van der Waals surface area contributed by atoms with Gasteiger partial charge < -0.3 is 14.7 Å². The quantitative estimate of drug-likeness (QED) is 0.569. The van der Waals surface area contributed by atoms with Crippen LogP contribution >= 0.6 is 0 Å². The second kappa shape index (κ2) is 1.28. The largest absolute Gasteiger partial charge is 0.408 e. The van der Waals surface area contributed by atoms with E-state index < -0.39 is 0 Å². The van der Waals surface area contributed by atoms with Crippen LogP contribution in [-0.4, -0.2) is 5.16 Å². The maximum absolute atomic E-state index is 5.28. The Kier molecular flexibility index (Phi) is 0.631. The van der Waals surface area contributed by atoms with Crippen molar-refractivity contribution in [3.63, 3.8) is 0 Å². The van der Waals surface area contributed by atoms with Gasteiger partial charge in [0.15, 0.2) is 5.88 Å². The second-order valence-corrected chi connectivity index (χ2v) is 1.72. The van der Waals surface area contributed by atoms with Crippen LogP contribution in [0.3, 0.4) is 0 Å². The summed E-state index contributed by atoms with van der Waals surface area (Å²) in [6, 6.07) is 1.66. The highest BCUT2D eigenvalue weighted by Crippen LogP contribution is 2.18. The Morgan fingerprint density at radius 3 is 3.22 bits per heavy atom. The number of anilines is 1. The zero-order valence-electron chi connectivity index (χ0n) is 4.50. The molecule has 2 heterocycles. The predicted octanol–water partition coefficient (Wildman–Crippen LogP) is 1.00. The van der Waals surface area contributed by atoms with Gasteiger partial charge in [0.25, 0.3) is 0 Å². The second-order valence-electron chi connectivity index (χ2n) is 1.72. The molecule has 0 bridgehead atoms. The van der Waals surface area contributed by atoms with Crippen molar-refractivity contribution in [3.05, 3.63) is 12.3 Å². The van der Waals surface area contributed by atoms with Crippen molar-refractivity contribution in [1.82, 2.24) is 5.16 Å². The molecule has 2 aromatic rings. The van der Waals surface area contributed by atoms with E-state index in [0.29, 0.717) is 11.7 Å². The Bertz CT molecular complexity index is 294. The van der Waals surface area contributed by atoms with E-state index in [0.717, 1.165) is 5.39 Å². The fourth-order valence-electron chi connectivity index (χ4n) is 0.700. The van der Waals surface area contributed by atoms with Crippen molar-refractivity contribution >= 4 is 17.1 Å². The molecule has 4 nitrogen and oxygen atoms in total. The molecular formula is C5H4N2O2. The van der Waals surface area contributed by atoms with Gasteiger partial charge in [0.2, 0.25) is 0 Å². The molecule has 2 aromatic heterocycles. The van der Waals surface area contributed by atoms with Gasteiger partial charge in [0.1, 0.15) is 0 Å². The standard InChI is InChI=1S/C5H4N2O2/c6-4-1-3-2-7-9-5(3)8-4/h1-2H,6H2. The first-order chi connectivity index (χ1) is 4.36. The van der Waals surface area contributed by atoms with E-state index in [9.17, 15) is 0 Å². The molecule has 0 aliphatic heterocycles. The molecule has 0 atom stereocenters. The number of hydrogen-bond acceptors (Lipinski definition) is 4. The molecule has 2 rings (SSSR count). The van der Waals surface area contributed by atoms with Gasteiger partial charge in [-0.05, 0) is 0 Å². The molecule has 0 radical (unpaired) electrons. The summed E-state index contributed by atoms with van der Waals surface area (Å²) < 4.78 is 9.50. The lowest BCUT2D eigenvalue weighted by Crippen LogP contribution is -1.75. The summed E-state index contributed by atoms with van der Waals surface area (Å²) in [4.78, 5) is 0. The first-order valence-corrected chi connectivity index (χ1v) is 2.46.